The predicted molar refractivity (Wildman–Crippen MR) is 129 cm³/mol. The highest BCUT2D eigenvalue weighted by Crippen LogP contribution is 2.33. The summed E-state index contributed by atoms with van der Waals surface area (Å²) >= 11 is 7.93. The quantitative estimate of drug-likeness (QED) is 0.562. The summed E-state index contributed by atoms with van der Waals surface area (Å²) in [4.78, 5) is 19.7. The van der Waals surface area contributed by atoms with E-state index in [1.807, 2.05) is 18.2 Å². The van der Waals surface area contributed by atoms with Crippen molar-refractivity contribution in [3.63, 3.8) is 0 Å². The van der Waals surface area contributed by atoms with Crippen molar-refractivity contribution in [3.8, 4) is 0 Å². The van der Waals surface area contributed by atoms with Crippen molar-refractivity contribution >= 4 is 54.8 Å². The SMILES string of the molecule is CN(C)S(=O)(=O)c1ccc(Cl)c(NC(=O)CN2CCC[C@@H](c3nc4ccccc4s3)C2)c1. The number of amides is 1. The van der Waals surface area contributed by atoms with Crippen LogP contribution in [0.25, 0.3) is 10.2 Å². The number of benzene rings is 2. The van der Waals surface area contributed by atoms with Gasteiger partial charge in [0.05, 0.1) is 37.4 Å². The summed E-state index contributed by atoms with van der Waals surface area (Å²) in [5.41, 5.74) is 1.31. The van der Waals surface area contributed by atoms with Gasteiger partial charge in [-0.05, 0) is 49.7 Å². The lowest BCUT2D eigenvalue weighted by Crippen LogP contribution is -2.39. The fourth-order valence-corrected chi connectivity index (χ4v) is 6.02. The first-order valence-corrected chi connectivity index (χ1v) is 13.0. The van der Waals surface area contributed by atoms with Crippen molar-refractivity contribution in [2.24, 2.45) is 0 Å². The number of hydrogen-bond acceptors (Lipinski definition) is 6. The van der Waals surface area contributed by atoms with E-state index in [-0.39, 0.29) is 17.3 Å². The highest BCUT2D eigenvalue weighted by molar-refractivity contribution is 7.89. The van der Waals surface area contributed by atoms with Gasteiger partial charge in [-0.2, -0.15) is 0 Å². The Morgan fingerprint density at radius 2 is 2.06 bits per heavy atom. The van der Waals surface area contributed by atoms with Crippen molar-refractivity contribution in [2.45, 2.75) is 23.7 Å². The third-order valence-electron chi connectivity index (χ3n) is 5.52. The number of halogens is 1. The van der Waals surface area contributed by atoms with Gasteiger partial charge in [-0.1, -0.05) is 23.7 Å². The zero-order valence-electron chi connectivity index (χ0n) is 17.9. The summed E-state index contributed by atoms with van der Waals surface area (Å²) in [5, 5.41) is 4.18. The number of thiazole rings is 1. The van der Waals surface area contributed by atoms with Crippen LogP contribution in [-0.4, -0.2) is 62.2 Å². The van der Waals surface area contributed by atoms with Gasteiger partial charge in [0.15, 0.2) is 0 Å². The molecule has 1 N–H and O–H groups in total. The van der Waals surface area contributed by atoms with Gasteiger partial charge in [0.1, 0.15) is 0 Å². The third kappa shape index (κ3) is 4.97. The largest absolute Gasteiger partial charge is 0.324 e. The topological polar surface area (TPSA) is 82.6 Å². The number of nitrogens with zero attached hydrogens (tertiary/aromatic N) is 3. The highest BCUT2D eigenvalue weighted by atomic mass is 35.5. The van der Waals surface area contributed by atoms with Crippen LogP contribution in [0.2, 0.25) is 5.02 Å². The normalized spacial score (nSPS) is 17.7. The Balaban J connectivity index is 1.43. The molecule has 0 bridgehead atoms. The van der Waals surface area contributed by atoms with Crippen LogP contribution in [-0.2, 0) is 14.8 Å². The van der Waals surface area contributed by atoms with Gasteiger partial charge in [0, 0.05) is 26.6 Å². The molecule has 0 radical (unpaired) electrons. The first kappa shape index (κ1) is 23.1. The number of fused-ring (bicyclic) bond motifs is 1. The maximum Gasteiger partial charge on any atom is 0.242 e. The molecule has 32 heavy (non-hydrogen) atoms. The average molecular weight is 493 g/mol. The lowest BCUT2D eigenvalue weighted by Gasteiger charge is -2.31. The number of aromatic nitrogens is 1. The van der Waals surface area contributed by atoms with E-state index in [0.717, 1.165) is 40.8 Å². The Labute approximate surface area is 197 Å². The molecule has 3 aromatic rings. The third-order valence-corrected chi connectivity index (χ3v) is 8.86. The summed E-state index contributed by atoms with van der Waals surface area (Å²) in [6, 6.07) is 12.4. The van der Waals surface area contributed by atoms with Crippen LogP contribution in [0.15, 0.2) is 47.4 Å². The molecule has 1 amide bonds. The average Bonchev–Trinajstić information content (AvgIpc) is 3.19. The van der Waals surface area contributed by atoms with Crippen LogP contribution in [0.4, 0.5) is 5.69 Å². The van der Waals surface area contributed by atoms with Crippen LogP contribution in [0.3, 0.4) is 0 Å². The zero-order valence-corrected chi connectivity index (χ0v) is 20.3. The molecular formula is C22H25ClN4O3S2. The minimum Gasteiger partial charge on any atom is -0.324 e. The van der Waals surface area contributed by atoms with E-state index < -0.39 is 10.0 Å². The van der Waals surface area contributed by atoms with Crippen LogP contribution in [0.5, 0.6) is 0 Å². The van der Waals surface area contributed by atoms with E-state index in [2.05, 4.69) is 16.3 Å². The number of hydrogen-bond donors (Lipinski definition) is 1. The fourth-order valence-electron chi connectivity index (χ4n) is 3.83. The van der Waals surface area contributed by atoms with Crippen molar-refractivity contribution in [1.29, 1.82) is 0 Å². The smallest absolute Gasteiger partial charge is 0.242 e. The van der Waals surface area contributed by atoms with E-state index in [0.29, 0.717) is 16.6 Å². The molecule has 1 atom stereocenters. The molecule has 1 aromatic heterocycles. The summed E-state index contributed by atoms with van der Waals surface area (Å²) < 4.78 is 27.1. The van der Waals surface area contributed by atoms with Crippen molar-refractivity contribution < 1.29 is 13.2 Å². The zero-order chi connectivity index (χ0) is 22.9. The molecular weight excluding hydrogens is 468 g/mol. The Morgan fingerprint density at radius 3 is 2.81 bits per heavy atom. The van der Waals surface area contributed by atoms with Gasteiger partial charge in [-0.25, -0.2) is 17.7 Å². The van der Waals surface area contributed by atoms with Crippen LogP contribution >= 0.6 is 22.9 Å². The van der Waals surface area contributed by atoms with Gasteiger partial charge < -0.3 is 5.32 Å². The standard InChI is InChI=1S/C22H25ClN4O3S2/c1-26(2)32(29,30)16-9-10-17(23)19(12-16)24-21(28)14-27-11-5-6-15(13-27)22-25-18-7-3-4-8-20(18)31-22/h3-4,7-10,12,15H,5-6,11,13-14H2,1-2H3,(H,24,28)/t15-/m1/s1. The van der Waals surface area contributed by atoms with Crippen molar-refractivity contribution in [2.75, 3.05) is 39.0 Å². The molecule has 0 unspecified atom stereocenters. The van der Waals surface area contributed by atoms with Crippen molar-refractivity contribution in [3.05, 3.63) is 52.5 Å². The highest BCUT2D eigenvalue weighted by Gasteiger charge is 2.26. The molecule has 1 fully saturated rings. The van der Waals surface area contributed by atoms with Gasteiger partial charge in [-0.3, -0.25) is 9.69 Å². The summed E-state index contributed by atoms with van der Waals surface area (Å²) in [6.07, 6.45) is 2.04. The predicted octanol–water partition coefficient (Wildman–Crippen LogP) is 4.02. The van der Waals surface area contributed by atoms with E-state index in [1.165, 1.54) is 37.0 Å². The number of piperidine rings is 1. The first-order valence-electron chi connectivity index (χ1n) is 10.3. The maximum absolute atomic E-state index is 12.7. The van der Waals surface area contributed by atoms with Gasteiger partial charge in [-0.15, -0.1) is 11.3 Å². The van der Waals surface area contributed by atoms with Crippen molar-refractivity contribution in [1.82, 2.24) is 14.2 Å². The number of anilines is 1. The number of sulfonamides is 1. The second kappa shape index (κ2) is 9.44. The van der Waals surface area contributed by atoms with Crippen LogP contribution in [0, 0.1) is 0 Å². The van der Waals surface area contributed by atoms with Gasteiger partial charge in [0.25, 0.3) is 0 Å². The molecule has 1 aliphatic rings. The van der Waals surface area contributed by atoms with E-state index in [1.54, 1.807) is 11.3 Å². The van der Waals surface area contributed by atoms with Crippen LogP contribution < -0.4 is 5.32 Å². The Kier molecular flexibility index (Phi) is 6.83. The molecule has 2 aromatic carbocycles. The molecule has 7 nitrogen and oxygen atoms in total. The molecule has 170 valence electrons. The first-order chi connectivity index (χ1) is 15.2. The lowest BCUT2D eigenvalue weighted by molar-refractivity contribution is -0.117. The second-order valence-electron chi connectivity index (χ2n) is 8.07. The summed E-state index contributed by atoms with van der Waals surface area (Å²) in [7, 11) is -0.704. The molecule has 1 aliphatic heterocycles. The Hall–Kier alpha value is -2.04. The Morgan fingerprint density at radius 1 is 1.28 bits per heavy atom. The van der Waals surface area contributed by atoms with Gasteiger partial charge >= 0.3 is 0 Å². The summed E-state index contributed by atoms with van der Waals surface area (Å²) in [6.45, 7) is 1.80. The number of rotatable bonds is 6. The molecule has 2 heterocycles. The minimum absolute atomic E-state index is 0.0797. The number of nitrogens with one attached hydrogen (secondary N) is 1. The molecule has 4 rings (SSSR count). The van der Waals surface area contributed by atoms with E-state index in [4.69, 9.17) is 16.6 Å². The molecule has 0 saturated carbocycles. The molecule has 0 aliphatic carbocycles. The number of likely N-dealkylation sites (tertiary alicyclic amines) is 1. The number of carbonyl (C=O) groups excluding carboxylic acids is 1. The van der Waals surface area contributed by atoms with Gasteiger partial charge in [0.2, 0.25) is 15.9 Å². The molecule has 0 spiro atoms. The second-order valence-corrected chi connectivity index (χ2v) is 11.7. The van der Waals surface area contributed by atoms with E-state index >= 15 is 0 Å². The molecule has 1 saturated heterocycles. The van der Waals surface area contributed by atoms with Crippen LogP contribution in [0.1, 0.15) is 23.8 Å². The summed E-state index contributed by atoms with van der Waals surface area (Å²) in [5.74, 6) is 0.0716. The maximum atomic E-state index is 12.7. The number of para-hydroxylation sites is 1. The minimum atomic E-state index is -3.62. The monoisotopic (exact) mass is 492 g/mol. The lowest BCUT2D eigenvalue weighted by atomic mass is 9.99. The molecule has 10 heteroatoms. The fraction of sp³-hybridized carbons (Fsp3) is 0.364. The number of carbonyl (C=O) groups is 1. The van der Waals surface area contributed by atoms with E-state index in [9.17, 15) is 13.2 Å². The Bertz CT molecular complexity index is 1210.